The maximum Gasteiger partial charge on any atom is 0.333 e. The van der Waals surface area contributed by atoms with Crippen LogP contribution >= 0.6 is 0 Å². The molecule has 1 saturated heterocycles. The Hall–Kier alpha value is -3.15. The number of likely N-dealkylation sites (N-methyl/N-ethyl adjacent to an activating group) is 2. The fourth-order valence-corrected chi connectivity index (χ4v) is 3.33. The quantitative estimate of drug-likeness (QED) is 0.607. The smallest absolute Gasteiger partial charge is 0.318 e. The molecule has 1 aliphatic heterocycles. The third kappa shape index (κ3) is 2.97. The minimum atomic E-state index is -0.622. The molecular formula is C21H23N3O3. The first-order valence-electron chi connectivity index (χ1n) is 8.71. The van der Waals surface area contributed by atoms with Crippen LogP contribution in [0, 0.1) is 27.7 Å². The van der Waals surface area contributed by atoms with E-state index in [1.54, 1.807) is 6.08 Å². The fraction of sp³-hybridized carbons (Fsp3) is 0.286. The van der Waals surface area contributed by atoms with Crippen molar-refractivity contribution < 1.29 is 14.4 Å². The topological polar surface area (TPSA) is 62.6 Å². The van der Waals surface area contributed by atoms with Crippen molar-refractivity contribution in [1.29, 1.82) is 0 Å². The van der Waals surface area contributed by atoms with Crippen LogP contribution in [-0.2, 0) is 9.59 Å². The van der Waals surface area contributed by atoms with E-state index in [2.05, 4.69) is 36.6 Å². The molecule has 0 atom stereocenters. The number of nitrogens with zero attached hydrogens (tertiary/aromatic N) is 3. The second-order valence-electron chi connectivity index (χ2n) is 7.00. The number of carbonyl (C=O) groups is 3. The van der Waals surface area contributed by atoms with Crippen molar-refractivity contribution in [3.8, 4) is 5.69 Å². The normalized spacial score (nSPS) is 15.0. The highest BCUT2D eigenvalue weighted by Gasteiger charge is 2.37. The molecule has 140 valence electrons. The predicted molar refractivity (Wildman–Crippen MR) is 104 cm³/mol. The Kier molecular flexibility index (Phi) is 4.51. The van der Waals surface area contributed by atoms with Crippen LogP contribution in [0.25, 0.3) is 11.8 Å². The Balaban J connectivity index is 2.10. The van der Waals surface area contributed by atoms with Crippen LogP contribution in [0.15, 0.2) is 29.8 Å². The molecule has 1 fully saturated rings. The molecule has 1 aromatic carbocycles. The van der Waals surface area contributed by atoms with E-state index in [9.17, 15) is 14.4 Å². The van der Waals surface area contributed by atoms with Crippen molar-refractivity contribution >= 4 is 23.9 Å². The molecule has 1 aliphatic rings. The van der Waals surface area contributed by atoms with Gasteiger partial charge in [0.1, 0.15) is 5.57 Å². The van der Waals surface area contributed by atoms with Gasteiger partial charge in [-0.2, -0.15) is 0 Å². The van der Waals surface area contributed by atoms with Crippen LogP contribution in [0.4, 0.5) is 4.79 Å². The molecule has 0 N–H and O–H groups in total. The molecule has 6 heteroatoms. The van der Waals surface area contributed by atoms with Gasteiger partial charge in [0, 0.05) is 31.2 Å². The SMILES string of the molecule is Cc1ccc(-n2c(C)cc(C=C3C(=O)N(C)C(=O)N(C)C3=O)c2C)cc1C. The second kappa shape index (κ2) is 6.54. The number of amides is 4. The molecule has 0 saturated carbocycles. The van der Waals surface area contributed by atoms with Gasteiger partial charge in [-0.3, -0.25) is 19.4 Å². The zero-order chi connectivity index (χ0) is 20.0. The zero-order valence-corrected chi connectivity index (χ0v) is 16.5. The molecule has 27 heavy (non-hydrogen) atoms. The number of barbiturate groups is 1. The maximum atomic E-state index is 12.4. The number of hydrogen-bond donors (Lipinski definition) is 0. The van der Waals surface area contributed by atoms with Crippen LogP contribution in [-0.4, -0.2) is 46.3 Å². The highest BCUT2D eigenvalue weighted by Crippen LogP contribution is 2.26. The van der Waals surface area contributed by atoms with Crippen molar-refractivity contribution in [3.05, 3.63) is 57.9 Å². The lowest BCUT2D eigenvalue weighted by molar-refractivity contribution is -0.134. The van der Waals surface area contributed by atoms with E-state index in [0.29, 0.717) is 0 Å². The highest BCUT2D eigenvalue weighted by molar-refractivity contribution is 6.30. The van der Waals surface area contributed by atoms with E-state index < -0.39 is 17.8 Å². The van der Waals surface area contributed by atoms with Crippen LogP contribution in [0.3, 0.4) is 0 Å². The molecule has 2 heterocycles. The Bertz CT molecular complexity index is 988. The van der Waals surface area contributed by atoms with Gasteiger partial charge in [-0.05, 0) is 68.7 Å². The molecule has 0 aliphatic carbocycles. The van der Waals surface area contributed by atoms with Gasteiger partial charge in [0.2, 0.25) is 0 Å². The van der Waals surface area contributed by atoms with E-state index in [1.807, 2.05) is 19.9 Å². The Morgan fingerprint density at radius 3 is 1.96 bits per heavy atom. The molecule has 1 aromatic heterocycles. The summed E-state index contributed by atoms with van der Waals surface area (Å²) in [5, 5.41) is 0. The van der Waals surface area contributed by atoms with Crippen molar-refractivity contribution in [3.63, 3.8) is 0 Å². The maximum absolute atomic E-state index is 12.4. The minimum absolute atomic E-state index is 0.0139. The molecule has 3 rings (SSSR count). The lowest BCUT2D eigenvalue weighted by atomic mass is 10.1. The van der Waals surface area contributed by atoms with Crippen molar-refractivity contribution in [2.24, 2.45) is 0 Å². The summed E-state index contributed by atoms with van der Waals surface area (Å²) in [4.78, 5) is 38.7. The first-order chi connectivity index (χ1) is 12.6. The lowest BCUT2D eigenvalue weighted by Crippen LogP contribution is -2.52. The van der Waals surface area contributed by atoms with E-state index in [4.69, 9.17) is 0 Å². The van der Waals surface area contributed by atoms with Crippen molar-refractivity contribution in [1.82, 2.24) is 14.4 Å². The first-order valence-corrected chi connectivity index (χ1v) is 8.71. The van der Waals surface area contributed by atoms with Crippen LogP contribution in [0.2, 0.25) is 0 Å². The average molecular weight is 365 g/mol. The van der Waals surface area contributed by atoms with Gasteiger partial charge in [0.05, 0.1) is 0 Å². The molecule has 0 radical (unpaired) electrons. The molecule has 0 unspecified atom stereocenters. The average Bonchev–Trinajstić information content (AvgIpc) is 2.91. The summed E-state index contributed by atoms with van der Waals surface area (Å²) in [5.41, 5.74) is 6.13. The lowest BCUT2D eigenvalue weighted by Gasteiger charge is -2.28. The third-order valence-electron chi connectivity index (χ3n) is 5.16. The van der Waals surface area contributed by atoms with Gasteiger partial charge >= 0.3 is 6.03 Å². The monoisotopic (exact) mass is 365 g/mol. The minimum Gasteiger partial charge on any atom is -0.318 e. The van der Waals surface area contributed by atoms with Gasteiger partial charge in [-0.15, -0.1) is 0 Å². The van der Waals surface area contributed by atoms with E-state index >= 15 is 0 Å². The van der Waals surface area contributed by atoms with Crippen molar-refractivity contribution in [2.75, 3.05) is 14.1 Å². The van der Waals surface area contributed by atoms with Crippen LogP contribution in [0.1, 0.15) is 28.1 Å². The standard InChI is InChI=1S/C21H23N3O3/c1-12-7-8-17(9-13(12)2)24-14(3)10-16(15(24)4)11-18-19(25)22(5)21(27)23(6)20(18)26/h7-11H,1-6H3. The summed E-state index contributed by atoms with van der Waals surface area (Å²) in [6.45, 7) is 8.07. The Morgan fingerprint density at radius 1 is 0.815 bits per heavy atom. The summed E-state index contributed by atoms with van der Waals surface area (Å²) in [7, 11) is 2.75. The largest absolute Gasteiger partial charge is 0.333 e. The van der Waals surface area contributed by atoms with E-state index in [0.717, 1.165) is 32.4 Å². The number of hydrogen-bond acceptors (Lipinski definition) is 3. The Labute approximate surface area is 158 Å². The number of aryl methyl sites for hydroxylation is 3. The number of imide groups is 2. The molecule has 0 spiro atoms. The van der Waals surface area contributed by atoms with Gasteiger partial charge in [0.25, 0.3) is 11.8 Å². The zero-order valence-electron chi connectivity index (χ0n) is 16.5. The molecule has 6 nitrogen and oxygen atoms in total. The Morgan fingerprint density at radius 2 is 1.41 bits per heavy atom. The summed E-state index contributed by atoms with van der Waals surface area (Å²) >= 11 is 0. The number of urea groups is 1. The van der Waals surface area contributed by atoms with Crippen LogP contribution in [0.5, 0.6) is 0 Å². The molecule has 4 amide bonds. The van der Waals surface area contributed by atoms with Gasteiger partial charge in [0.15, 0.2) is 0 Å². The number of rotatable bonds is 2. The number of aromatic nitrogens is 1. The highest BCUT2D eigenvalue weighted by atomic mass is 16.2. The molecule has 0 bridgehead atoms. The van der Waals surface area contributed by atoms with E-state index in [1.165, 1.54) is 25.2 Å². The summed E-state index contributed by atoms with van der Waals surface area (Å²) in [6.07, 6.45) is 1.57. The number of benzene rings is 1. The van der Waals surface area contributed by atoms with Crippen molar-refractivity contribution in [2.45, 2.75) is 27.7 Å². The van der Waals surface area contributed by atoms with Gasteiger partial charge in [-0.1, -0.05) is 6.07 Å². The van der Waals surface area contributed by atoms with E-state index in [-0.39, 0.29) is 5.57 Å². The third-order valence-corrected chi connectivity index (χ3v) is 5.16. The summed E-state index contributed by atoms with van der Waals surface area (Å²) in [6, 6.07) is 7.56. The summed E-state index contributed by atoms with van der Waals surface area (Å²) in [5.74, 6) is -1.17. The molecular weight excluding hydrogens is 342 g/mol. The molecule has 2 aromatic rings. The van der Waals surface area contributed by atoms with Gasteiger partial charge < -0.3 is 4.57 Å². The predicted octanol–water partition coefficient (Wildman–Crippen LogP) is 3.14. The fourth-order valence-electron chi connectivity index (χ4n) is 3.33. The summed E-state index contributed by atoms with van der Waals surface area (Å²) < 4.78 is 2.09. The van der Waals surface area contributed by atoms with Gasteiger partial charge in [-0.25, -0.2) is 4.79 Å². The number of carbonyl (C=O) groups excluding carboxylic acids is 3. The first kappa shape index (κ1) is 18.6. The van der Waals surface area contributed by atoms with Crippen LogP contribution < -0.4 is 0 Å². The second-order valence-corrected chi connectivity index (χ2v) is 7.00.